The SMILES string of the molecule is CCN(CCO)C(=O)c1cn(-c2ccccc2)nc1C(C)(C)C. The first kappa shape index (κ1) is 17.2. The van der Waals surface area contributed by atoms with Crippen molar-refractivity contribution >= 4 is 5.91 Å². The van der Waals surface area contributed by atoms with Crippen molar-refractivity contribution in [2.45, 2.75) is 33.1 Å². The van der Waals surface area contributed by atoms with Gasteiger partial charge in [-0.3, -0.25) is 4.79 Å². The molecule has 1 N–H and O–H groups in total. The first-order chi connectivity index (χ1) is 10.9. The van der Waals surface area contributed by atoms with Crippen LogP contribution in [0.25, 0.3) is 5.69 Å². The fourth-order valence-corrected chi connectivity index (χ4v) is 2.49. The number of para-hydroxylation sites is 1. The average Bonchev–Trinajstić information content (AvgIpc) is 2.98. The maximum absolute atomic E-state index is 12.8. The zero-order chi connectivity index (χ0) is 17.0. The van der Waals surface area contributed by atoms with Crippen molar-refractivity contribution in [3.05, 3.63) is 47.8 Å². The average molecular weight is 315 g/mol. The third-order valence-electron chi connectivity index (χ3n) is 3.71. The summed E-state index contributed by atoms with van der Waals surface area (Å²) in [7, 11) is 0. The maximum atomic E-state index is 12.8. The molecule has 1 heterocycles. The lowest BCUT2D eigenvalue weighted by Crippen LogP contribution is -2.34. The molecule has 1 aromatic carbocycles. The highest BCUT2D eigenvalue weighted by molar-refractivity contribution is 5.95. The summed E-state index contributed by atoms with van der Waals surface area (Å²) in [5.74, 6) is -0.0892. The van der Waals surface area contributed by atoms with E-state index in [1.54, 1.807) is 15.8 Å². The predicted octanol–water partition coefficient (Wildman–Crippen LogP) is 2.62. The molecule has 2 aromatic rings. The molecule has 23 heavy (non-hydrogen) atoms. The van der Waals surface area contributed by atoms with Crippen LogP contribution in [0.5, 0.6) is 0 Å². The van der Waals surface area contributed by atoms with Gasteiger partial charge in [-0.25, -0.2) is 4.68 Å². The van der Waals surface area contributed by atoms with Crippen molar-refractivity contribution in [2.24, 2.45) is 0 Å². The Labute approximate surface area is 137 Å². The molecule has 0 bridgehead atoms. The van der Waals surface area contributed by atoms with Crippen LogP contribution in [0.15, 0.2) is 36.5 Å². The van der Waals surface area contributed by atoms with E-state index < -0.39 is 0 Å². The fraction of sp³-hybridized carbons (Fsp3) is 0.444. The molecule has 1 amide bonds. The molecule has 0 aliphatic rings. The first-order valence-corrected chi connectivity index (χ1v) is 7.94. The van der Waals surface area contributed by atoms with E-state index >= 15 is 0 Å². The minimum absolute atomic E-state index is 0.0444. The van der Waals surface area contributed by atoms with E-state index in [4.69, 9.17) is 5.11 Å². The van der Waals surface area contributed by atoms with Gasteiger partial charge in [0.15, 0.2) is 0 Å². The molecule has 1 aromatic heterocycles. The van der Waals surface area contributed by atoms with Gasteiger partial charge in [-0.05, 0) is 19.1 Å². The molecule has 5 nitrogen and oxygen atoms in total. The number of hydrogen-bond donors (Lipinski definition) is 1. The van der Waals surface area contributed by atoms with E-state index in [0.29, 0.717) is 18.7 Å². The van der Waals surface area contributed by atoms with Crippen LogP contribution in [-0.4, -0.2) is 45.4 Å². The van der Waals surface area contributed by atoms with Crippen molar-refractivity contribution in [1.29, 1.82) is 0 Å². The van der Waals surface area contributed by atoms with Crippen molar-refractivity contribution in [2.75, 3.05) is 19.7 Å². The predicted molar refractivity (Wildman–Crippen MR) is 90.9 cm³/mol. The van der Waals surface area contributed by atoms with Gasteiger partial charge < -0.3 is 10.0 Å². The number of aromatic nitrogens is 2. The van der Waals surface area contributed by atoms with Crippen molar-refractivity contribution < 1.29 is 9.90 Å². The monoisotopic (exact) mass is 315 g/mol. The fourth-order valence-electron chi connectivity index (χ4n) is 2.49. The summed E-state index contributed by atoms with van der Waals surface area (Å²) in [6.07, 6.45) is 1.79. The Balaban J connectivity index is 2.49. The minimum atomic E-state index is -0.246. The highest BCUT2D eigenvalue weighted by atomic mass is 16.3. The van der Waals surface area contributed by atoms with Gasteiger partial charge in [-0.15, -0.1) is 0 Å². The van der Waals surface area contributed by atoms with Crippen LogP contribution < -0.4 is 0 Å². The second-order valence-electron chi connectivity index (χ2n) is 6.53. The molecule has 0 saturated heterocycles. The lowest BCUT2D eigenvalue weighted by atomic mass is 9.89. The number of rotatable bonds is 5. The highest BCUT2D eigenvalue weighted by Crippen LogP contribution is 2.26. The summed E-state index contributed by atoms with van der Waals surface area (Å²) >= 11 is 0. The summed E-state index contributed by atoms with van der Waals surface area (Å²) < 4.78 is 1.75. The van der Waals surface area contributed by atoms with Crippen LogP contribution in [0, 0.1) is 0 Å². The molecule has 0 radical (unpaired) electrons. The quantitative estimate of drug-likeness (QED) is 0.923. The molecule has 2 rings (SSSR count). The van der Waals surface area contributed by atoms with Gasteiger partial charge in [0.25, 0.3) is 5.91 Å². The van der Waals surface area contributed by atoms with E-state index in [1.807, 2.05) is 58.0 Å². The molecule has 0 spiro atoms. The van der Waals surface area contributed by atoms with Crippen molar-refractivity contribution in [3.63, 3.8) is 0 Å². The van der Waals surface area contributed by atoms with Gasteiger partial charge in [0, 0.05) is 24.7 Å². The van der Waals surface area contributed by atoms with Gasteiger partial charge in [0.1, 0.15) is 0 Å². The maximum Gasteiger partial charge on any atom is 0.257 e. The van der Waals surface area contributed by atoms with Gasteiger partial charge in [-0.1, -0.05) is 39.0 Å². The number of benzene rings is 1. The van der Waals surface area contributed by atoms with E-state index in [2.05, 4.69) is 5.10 Å². The van der Waals surface area contributed by atoms with Crippen LogP contribution >= 0.6 is 0 Å². The standard InChI is InChI=1S/C18H25N3O2/c1-5-20(11-12-22)17(23)15-13-21(14-9-7-6-8-10-14)19-16(15)18(2,3)4/h6-10,13,22H,5,11-12H2,1-4H3. The lowest BCUT2D eigenvalue weighted by molar-refractivity contribution is 0.0729. The number of likely N-dealkylation sites (N-methyl/N-ethyl adjacent to an activating group) is 1. The smallest absolute Gasteiger partial charge is 0.257 e. The zero-order valence-electron chi connectivity index (χ0n) is 14.3. The van der Waals surface area contributed by atoms with Crippen LogP contribution in [0.3, 0.4) is 0 Å². The molecular weight excluding hydrogens is 290 g/mol. The lowest BCUT2D eigenvalue weighted by Gasteiger charge is -2.22. The second kappa shape index (κ2) is 6.96. The Kier molecular flexibility index (Phi) is 5.21. The van der Waals surface area contributed by atoms with E-state index in [9.17, 15) is 4.79 Å². The molecule has 0 unspecified atom stereocenters. The van der Waals surface area contributed by atoms with Gasteiger partial charge in [0.2, 0.25) is 0 Å². The number of carbonyl (C=O) groups is 1. The number of hydrogen-bond acceptors (Lipinski definition) is 3. The Morgan fingerprint density at radius 3 is 2.43 bits per heavy atom. The molecule has 0 aliphatic heterocycles. The van der Waals surface area contributed by atoms with Crippen molar-refractivity contribution in [1.82, 2.24) is 14.7 Å². The summed E-state index contributed by atoms with van der Waals surface area (Å²) in [6, 6.07) is 9.75. The van der Waals surface area contributed by atoms with Crippen molar-refractivity contribution in [3.8, 4) is 5.69 Å². The number of carbonyl (C=O) groups excluding carboxylic acids is 1. The Morgan fingerprint density at radius 2 is 1.91 bits per heavy atom. The Morgan fingerprint density at radius 1 is 1.26 bits per heavy atom. The zero-order valence-corrected chi connectivity index (χ0v) is 14.3. The molecule has 0 aliphatic carbocycles. The summed E-state index contributed by atoms with van der Waals surface area (Å²) in [5.41, 5.74) is 2.03. The largest absolute Gasteiger partial charge is 0.395 e. The summed E-state index contributed by atoms with van der Waals surface area (Å²) in [6.45, 7) is 8.88. The van der Waals surface area contributed by atoms with Gasteiger partial charge >= 0.3 is 0 Å². The number of aliphatic hydroxyl groups is 1. The number of aliphatic hydroxyl groups excluding tert-OH is 1. The van der Waals surface area contributed by atoms with Gasteiger partial charge in [-0.2, -0.15) is 5.10 Å². The molecule has 124 valence electrons. The third kappa shape index (κ3) is 3.79. The van der Waals surface area contributed by atoms with E-state index in [-0.39, 0.29) is 17.9 Å². The summed E-state index contributed by atoms with van der Waals surface area (Å²) in [4.78, 5) is 14.5. The third-order valence-corrected chi connectivity index (χ3v) is 3.71. The van der Waals surface area contributed by atoms with Crippen LogP contribution in [0.2, 0.25) is 0 Å². The molecular formula is C18H25N3O2. The first-order valence-electron chi connectivity index (χ1n) is 7.94. The second-order valence-corrected chi connectivity index (χ2v) is 6.53. The Bertz CT molecular complexity index is 657. The van der Waals surface area contributed by atoms with Crippen LogP contribution in [0.4, 0.5) is 0 Å². The van der Waals surface area contributed by atoms with E-state index in [1.165, 1.54) is 0 Å². The van der Waals surface area contributed by atoms with E-state index in [0.717, 1.165) is 11.4 Å². The van der Waals surface area contributed by atoms with Crippen LogP contribution in [-0.2, 0) is 5.41 Å². The number of nitrogens with zero attached hydrogens (tertiary/aromatic N) is 3. The summed E-state index contributed by atoms with van der Waals surface area (Å²) in [5, 5.41) is 13.8. The minimum Gasteiger partial charge on any atom is -0.395 e. The molecule has 0 fully saturated rings. The van der Waals surface area contributed by atoms with Crippen LogP contribution in [0.1, 0.15) is 43.7 Å². The Hall–Kier alpha value is -2.14. The highest BCUT2D eigenvalue weighted by Gasteiger charge is 2.28. The van der Waals surface area contributed by atoms with Gasteiger partial charge in [0.05, 0.1) is 23.6 Å². The topological polar surface area (TPSA) is 58.4 Å². The molecule has 5 heteroatoms. The number of amides is 1. The molecule has 0 atom stereocenters. The molecule has 0 saturated carbocycles. The normalized spacial score (nSPS) is 11.5.